The zero-order chi connectivity index (χ0) is 92.6. The monoisotopic (exact) mass is 1750 g/mol. The van der Waals surface area contributed by atoms with E-state index in [4.69, 9.17) is 14.2 Å². The quantitative estimate of drug-likeness (QED) is 0.00998. The standard InChI is InChI=1S/C105H118N8O16/c1-10-62-127-97(122)61-56-86(90(115)58-60-93(118)107-88(63-69(3)4)91(116)57-50-71(6)114)109-99(123)73(66-95(120)113-105(77-40-24-15-25-41-77,78-42-26-16-27-43-78)79-44-28-17-29-45-79)65-92(117)87(55-59-94(119)112-104(74-34-18-12-19-35-74,75-36-20-13-21-37-75)76-38-22-14-23-39-76)110-101(125)98(70(5)11-2)111-100(124)89(64-72-51-53-80(54-52-72)129-103(7,8)9)108-96(121)67-106-102(126)128-68-85-83-48-32-30-46-81(83)82-47-31-33-49-84(82)85/h10,12-49,51-54,69-70,73,85-89,98H,1,11,50,55-68H2,2-9H3,(H,106,126)(H,107,118)(H,108,121)(H,109,123)(H,110,125)(H,111,124)(H,112,119)(H,113,120)/t70-,73-,86-,87-,88-,89-,98-/m0/s1. The Kier molecular flexibility index (Phi) is 35.6. The summed E-state index contributed by atoms with van der Waals surface area (Å²) >= 11 is 0. The van der Waals surface area contributed by atoms with E-state index >= 15 is 28.8 Å². The molecule has 0 heterocycles. The molecule has 8 amide bonds. The number of carbonyl (C=O) groups is 13. The van der Waals surface area contributed by atoms with Crippen LogP contribution >= 0.6 is 0 Å². The van der Waals surface area contributed by atoms with Crippen LogP contribution in [0.2, 0.25) is 0 Å². The smallest absolute Gasteiger partial charge is 0.407 e. The normalized spacial score (nSPS) is 13.4. The SMILES string of the molecule is C=CCOC(=O)CC[C@H](NC(=O)[C@H](CC(=O)NC(c1ccccc1)(c1ccccc1)c1ccccc1)CC(=O)[C@H](CCC(=O)NC(c1ccccc1)(c1ccccc1)c1ccccc1)NC(=O)[C@@H](NC(=O)[C@H](Cc1ccc(OC(C)(C)C)cc1)NC(=O)CNC(=O)OCC1c2ccccc2-c2ccccc21)[C@@H](C)CC)C(=O)CCC(=O)N[C@@H](CC(C)C)C(=O)CCC(C)=O. The highest BCUT2D eigenvalue weighted by atomic mass is 16.5. The van der Waals surface area contributed by atoms with Gasteiger partial charge in [-0.2, -0.15) is 0 Å². The van der Waals surface area contributed by atoms with Crippen LogP contribution in [0.4, 0.5) is 4.79 Å². The van der Waals surface area contributed by atoms with Gasteiger partial charge < -0.3 is 61.5 Å². The summed E-state index contributed by atoms with van der Waals surface area (Å²) in [7, 11) is 0. The van der Waals surface area contributed by atoms with Crippen LogP contribution in [0.1, 0.15) is 188 Å². The molecule has 8 N–H and O–H groups in total. The molecule has 0 radical (unpaired) electrons. The van der Waals surface area contributed by atoms with Crippen LogP contribution in [0.3, 0.4) is 0 Å². The highest BCUT2D eigenvalue weighted by Crippen LogP contribution is 2.45. The van der Waals surface area contributed by atoms with Crippen LogP contribution in [0.25, 0.3) is 11.1 Å². The minimum atomic E-state index is -1.76. The Bertz CT molecular complexity index is 5100. The number of hydrogen-bond acceptors (Lipinski definition) is 16. The fourth-order valence-electron chi connectivity index (χ4n) is 16.3. The van der Waals surface area contributed by atoms with E-state index < -0.39 is 182 Å². The van der Waals surface area contributed by atoms with Gasteiger partial charge in [0, 0.05) is 63.7 Å². The molecule has 9 aromatic rings. The molecule has 1 aliphatic carbocycles. The molecule has 10 rings (SSSR count). The van der Waals surface area contributed by atoms with Crippen LogP contribution in [0, 0.1) is 17.8 Å². The van der Waals surface area contributed by atoms with E-state index in [1.807, 2.05) is 229 Å². The third kappa shape index (κ3) is 27.4. The second kappa shape index (κ2) is 47.2. The first-order valence-corrected chi connectivity index (χ1v) is 44.1. The van der Waals surface area contributed by atoms with Crippen molar-refractivity contribution in [2.45, 2.75) is 192 Å². The Hall–Kier alpha value is -13.8. The molecule has 24 heteroatoms. The number of amides is 8. The molecule has 24 nitrogen and oxygen atoms in total. The number of fused-ring (bicyclic) bond motifs is 3. The predicted octanol–water partition coefficient (Wildman–Crippen LogP) is 14.2. The van der Waals surface area contributed by atoms with E-state index in [1.165, 1.54) is 13.0 Å². The molecular weight excluding hydrogens is 1630 g/mol. The average molecular weight is 1750 g/mol. The zero-order valence-corrected chi connectivity index (χ0v) is 74.6. The lowest BCUT2D eigenvalue weighted by Crippen LogP contribution is -2.58. The largest absolute Gasteiger partial charge is 0.488 e. The number of hydrogen-bond donors (Lipinski definition) is 8. The van der Waals surface area contributed by atoms with E-state index in [0.29, 0.717) is 44.7 Å². The van der Waals surface area contributed by atoms with Gasteiger partial charge in [-0.1, -0.05) is 289 Å². The molecule has 1 aliphatic rings. The summed E-state index contributed by atoms with van der Waals surface area (Å²) in [4.78, 5) is 191. The summed E-state index contributed by atoms with van der Waals surface area (Å²) in [5, 5.41) is 23.2. The molecule has 0 unspecified atom stereocenters. The van der Waals surface area contributed by atoms with Gasteiger partial charge in [0.15, 0.2) is 17.3 Å². The summed E-state index contributed by atoms with van der Waals surface area (Å²) < 4.78 is 17.2. The molecule has 0 bridgehead atoms. The first-order chi connectivity index (χ1) is 62.0. The maximum Gasteiger partial charge on any atom is 0.407 e. The molecule has 0 aliphatic heterocycles. The molecule has 0 saturated carbocycles. The lowest BCUT2D eigenvalue weighted by molar-refractivity contribution is -0.143. The Labute approximate surface area is 755 Å². The molecule has 0 fully saturated rings. The average Bonchev–Trinajstić information content (AvgIpc) is 1.58. The fourth-order valence-corrected chi connectivity index (χ4v) is 16.3. The number of ketones is 4. The topological polar surface area (TPSA) is 346 Å². The molecule has 0 spiro atoms. The van der Waals surface area contributed by atoms with Gasteiger partial charge in [0.1, 0.15) is 60.1 Å². The third-order valence-corrected chi connectivity index (χ3v) is 22.9. The number of benzene rings is 9. The molecular formula is C105H118N8O16. The Morgan fingerprint density at radius 2 is 0.868 bits per heavy atom. The lowest BCUT2D eigenvalue weighted by Gasteiger charge is -2.37. The Morgan fingerprint density at radius 1 is 0.426 bits per heavy atom. The van der Waals surface area contributed by atoms with Crippen molar-refractivity contribution in [3.63, 3.8) is 0 Å². The predicted molar refractivity (Wildman–Crippen MR) is 493 cm³/mol. The summed E-state index contributed by atoms with van der Waals surface area (Å²) in [6.07, 6.45) is -4.01. The first-order valence-electron chi connectivity index (χ1n) is 44.1. The molecule has 9 aromatic carbocycles. The molecule has 0 saturated heterocycles. The number of alkyl carbamates (subject to hydrolysis) is 1. The van der Waals surface area contributed by atoms with Crippen LogP contribution in [0.15, 0.2) is 267 Å². The maximum absolute atomic E-state index is 16.3. The first kappa shape index (κ1) is 97.4. The summed E-state index contributed by atoms with van der Waals surface area (Å²) in [6.45, 7) is 16.9. The van der Waals surface area contributed by atoms with Gasteiger partial charge in [-0.05, 0) is 132 Å². The number of esters is 1. The van der Waals surface area contributed by atoms with Gasteiger partial charge in [0.25, 0.3) is 0 Å². The van der Waals surface area contributed by atoms with Crippen LogP contribution in [-0.4, -0.2) is 132 Å². The van der Waals surface area contributed by atoms with Crippen molar-refractivity contribution in [1.82, 2.24) is 42.5 Å². The van der Waals surface area contributed by atoms with Crippen LogP contribution in [-0.2, 0) is 84.5 Å². The summed E-state index contributed by atoms with van der Waals surface area (Å²) in [5.41, 5.74) is 4.87. The van der Waals surface area contributed by atoms with Crippen molar-refractivity contribution < 1.29 is 76.5 Å². The lowest BCUT2D eigenvalue weighted by atomic mass is 9.76. The van der Waals surface area contributed by atoms with Gasteiger partial charge in [0.2, 0.25) is 41.4 Å². The summed E-state index contributed by atoms with van der Waals surface area (Å²) in [6, 6.07) is 70.3. The number of nitrogens with one attached hydrogen (secondary N) is 8. The fraction of sp³-hybridized carbons (Fsp3) is 0.343. The molecule has 674 valence electrons. The van der Waals surface area contributed by atoms with Gasteiger partial charge in [0.05, 0.1) is 24.0 Å². The van der Waals surface area contributed by atoms with E-state index in [1.54, 1.807) is 74.5 Å². The minimum Gasteiger partial charge on any atom is -0.488 e. The highest BCUT2D eigenvalue weighted by molar-refractivity contribution is 6.00. The van der Waals surface area contributed by atoms with Crippen LogP contribution < -0.4 is 47.3 Å². The number of ether oxygens (including phenoxy) is 3. The number of carbonyl (C=O) groups excluding carboxylic acids is 13. The van der Waals surface area contributed by atoms with E-state index in [-0.39, 0.29) is 68.7 Å². The Morgan fingerprint density at radius 3 is 1.34 bits per heavy atom. The molecule has 0 aromatic heterocycles. The van der Waals surface area contributed by atoms with Crippen molar-refractivity contribution in [2.75, 3.05) is 19.8 Å². The van der Waals surface area contributed by atoms with E-state index in [2.05, 4.69) is 49.1 Å². The van der Waals surface area contributed by atoms with Gasteiger partial charge in [-0.3, -0.25) is 52.7 Å². The van der Waals surface area contributed by atoms with Gasteiger partial charge >= 0.3 is 12.1 Å². The number of Topliss-reactive ketones (excluding diaryl/α,β-unsaturated/α-hetero) is 4. The van der Waals surface area contributed by atoms with E-state index in [0.717, 1.165) is 22.3 Å². The summed E-state index contributed by atoms with van der Waals surface area (Å²) in [5.74, 6) is -11.1. The molecule has 129 heavy (non-hydrogen) atoms. The van der Waals surface area contributed by atoms with Gasteiger partial charge in [-0.15, -0.1) is 0 Å². The second-order valence-corrected chi connectivity index (χ2v) is 34.2. The van der Waals surface area contributed by atoms with Crippen molar-refractivity contribution in [3.05, 3.63) is 318 Å². The van der Waals surface area contributed by atoms with E-state index in [9.17, 15) is 33.6 Å². The minimum absolute atomic E-state index is 0.0420. The van der Waals surface area contributed by atoms with Crippen molar-refractivity contribution >= 4 is 76.5 Å². The highest BCUT2D eigenvalue weighted by Gasteiger charge is 2.43. The number of rotatable bonds is 48. The third-order valence-electron chi connectivity index (χ3n) is 22.9. The maximum atomic E-state index is 16.3. The van der Waals surface area contributed by atoms with Crippen LogP contribution in [0.5, 0.6) is 5.75 Å². The van der Waals surface area contributed by atoms with Crippen molar-refractivity contribution in [3.8, 4) is 16.9 Å². The van der Waals surface area contributed by atoms with Crippen molar-refractivity contribution in [1.29, 1.82) is 0 Å². The van der Waals surface area contributed by atoms with Crippen molar-refractivity contribution in [2.24, 2.45) is 17.8 Å². The molecule has 7 atom stereocenters. The van der Waals surface area contributed by atoms with Gasteiger partial charge in [-0.25, -0.2) is 4.79 Å². The Balaban J connectivity index is 1.01. The zero-order valence-electron chi connectivity index (χ0n) is 74.6. The second-order valence-electron chi connectivity index (χ2n) is 34.2.